The van der Waals surface area contributed by atoms with E-state index in [0.29, 0.717) is 70.7 Å². The highest BCUT2D eigenvalue weighted by atomic mass is 35.5. The van der Waals surface area contributed by atoms with Crippen LogP contribution >= 0.6 is 11.6 Å². The van der Waals surface area contributed by atoms with Gasteiger partial charge in [0, 0.05) is 45.4 Å². The summed E-state index contributed by atoms with van der Waals surface area (Å²) in [6, 6.07) is 2.58. The normalized spacial score (nSPS) is 29.3. The van der Waals surface area contributed by atoms with Crippen LogP contribution in [-0.4, -0.2) is 119 Å². The van der Waals surface area contributed by atoms with Crippen molar-refractivity contribution in [1.29, 1.82) is 0 Å². The number of likely N-dealkylation sites (tertiary alicyclic amines) is 1. The molecule has 1 aromatic carbocycles. The Balaban J connectivity index is 1.05. The number of fused-ring (bicyclic) bond motifs is 3. The van der Waals surface area contributed by atoms with Crippen molar-refractivity contribution >= 4 is 49.1 Å². The maximum Gasteiger partial charge on any atom is 0.319 e. The summed E-state index contributed by atoms with van der Waals surface area (Å²) < 4.78 is 59.9. The number of hydrogen-bond donors (Lipinski definition) is 2. The van der Waals surface area contributed by atoms with Crippen LogP contribution in [0.3, 0.4) is 0 Å². The van der Waals surface area contributed by atoms with E-state index in [1.165, 1.54) is 7.11 Å². The molecule has 16 heteroatoms. The molecule has 6 heterocycles. The SMILES string of the molecule is COc1nc(-c2c(C3CC3)c(Cl)cc3[nH]ncc23)c(F)c2nc(OC[C@]34CCC[C@H]3N(C3CC5(C3)CS(=O)(=O)C5)CCC4)nc(N3CCOC[C@@](C)(O)C3)c12. The number of aliphatic hydroxyl groups is 1. The Kier molecular flexibility index (Phi) is 8.39. The number of methoxy groups -OCH3 is 1. The van der Waals surface area contributed by atoms with Gasteiger partial charge in [-0.15, -0.1) is 0 Å². The summed E-state index contributed by atoms with van der Waals surface area (Å²) in [6.45, 7) is 4.11. The monoisotopic (exact) mass is 795 g/mol. The minimum absolute atomic E-state index is 0.00554. The average Bonchev–Trinajstić information content (AvgIpc) is 3.74. The molecule has 10 rings (SSSR count). The van der Waals surface area contributed by atoms with E-state index in [-0.39, 0.29) is 58.4 Å². The maximum atomic E-state index is 17.5. The molecule has 13 nitrogen and oxygen atoms in total. The van der Waals surface area contributed by atoms with Crippen LogP contribution in [0.2, 0.25) is 5.02 Å². The van der Waals surface area contributed by atoms with E-state index in [2.05, 4.69) is 15.1 Å². The topological polar surface area (TPSA) is 156 Å². The van der Waals surface area contributed by atoms with Crippen molar-refractivity contribution in [3.05, 3.63) is 28.7 Å². The fourth-order valence-electron chi connectivity index (χ4n) is 10.9. The van der Waals surface area contributed by atoms with Gasteiger partial charge in [0.1, 0.15) is 28.0 Å². The summed E-state index contributed by atoms with van der Waals surface area (Å²) >= 11 is 6.88. The number of nitrogens with zero attached hydrogens (tertiary/aromatic N) is 6. The summed E-state index contributed by atoms with van der Waals surface area (Å²) in [7, 11) is -1.38. The van der Waals surface area contributed by atoms with Crippen LogP contribution in [0.4, 0.5) is 10.2 Å². The predicted octanol–water partition coefficient (Wildman–Crippen LogP) is 5.42. The Bertz CT molecular complexity index is 2300. The first kappa shape index (κ1) is 36.0. The van der Waals surface area contributed by atoms with Crippen molar-refractivity contribution in [3.8, 4) is 23.1 Å². The van der Waals surface area contributed by atoms with E-state index in [9.17, 15) is 13.5 Å². The minimum atomic E-state index is -2.87. The molecular formula is C39H47ClFN7O6S. The molecule has 3 aliphatic heterocycles. The number of hydrogen-bond acceptors (Lipinski definition) is 12. The number of benzene rings is 1. The van der Waals surface area contributed by atoms with E-state index < -0.39 is 21.3 Å². The Labute approximate surface area is 324 Å². The van der Waals surface area contributed by atoms with E-state index in [4.69, 9.17) is 40.8 Å². The van der Waals surface area contributed by atoms with Crippen LogP contribution in [0.1, 0.15) is 76.2 Å². The minimum Gasteiger partial charge on any atom is -0.480 e. The van der Waals surface area contributed by atoms with Gasteiger partial charge in [0.25, 0.3) is 0 Å². The van der Waals surface area contributed by atoms with Gasteiger partial charge in [-0.3, -0.25) is 10.00 Å². The number of pyridine rings is 1. The molecule has 2 N–H and O–H groups in total. The number of nitrogens with one attached hydrogen (secondary N) is 1. The molecule has 3 atom stereocenters. The van der Waals surface area contributed by atoms with E-state index >= 15 is 4.39 Å². The maximum absolute atomic E-state index is 17.5. The molecule has 3 aliphatic carbocycles. The number of aromatic nitrogens is 5. The lowest BCUT2D eigenvalue weighted by atomic mass is 9.64. The summed E-state index contributed by atoms with van der Waals surface area (Å²) in [4.78, 5) is 19.1. The molecule has 3 aromatic heterocycles. The first-order chi connectivity index (χ1) is 26.4. The van der Waals surface area contributed by atoms with Crippen LogP contribution in [-0.2, 0) is 14.6 Å². The second-order valence-corrected chi connectivity index (χ2v) is 20.0. The van der Waals surface area contributed by atoms with E-state index in [1.807, 2.05) is 11.0 Å². The van der Waals surface area contributed by atoms with Gasteiger partial charge in [0.2, 0.25) is 5.88 Å². The molecule has 6 fully saturated rings. The van der Waals surface area contributed by atoms with Crippen molar-refractivity contribution in [3.63, 3.8) is 0 Å². The van der Waals surface area contributed by atoms with Gasteiger partial charge in [-0.25, -0.2) is 17.8 Å². The van der Waals surface area contributed by atoms with Crippen LogP contribution < -0.4 is 14.4 Å². The Hall–Kier alpha value is -3.37. The van der Waals surface area contributed by atoms with Crippen molar-refractivity contribution in [2.24, 2.45) is 10.8 Å². The largest absolute Gasteiger partial charge is 0.480 e. The molecule has 0 radical (unpaired) electrons. The first-order valence-corrected chi connectivity index (χ1v) is 21.8. The summed E-state index contributed by atoms with van der Waals surface area (Å²) in [5.74, 6) is 0.674. The molecule has 0 bridgehead atoms. The number of β-amino-alcohol motifs (C(OH)–C–C–N with tert-alkyl or cyclic N) is 1. The molecule has 3 saturated carbocycles. The fraction of sp³-hybridized carbons (Fsp3) is 0.641. The van der Waals surface area contributed by atoms with Gasteiger partial charge < -0.3 is 24.2 Å². The number of anilines is 1. The van der Waals surface area contributed by atoms with Gasteiger partial charge >= 0.3 is 6.01 Å². The Morgan fingerprint density at radius 1 is 1.13 bits per heavy atom. The summed E-state index contributed by atoms with van der Waals surface area (Å²) in [5.41, 5.74) is 0.790. The molecule has 3 saturated heterocycles. The van der Waals surface area contributed by atoms with E-state index in [0.717, 1.165) is 69.9 Å². The highest BCUT2D eigenvalue weighted by Gasteiger charge is 2.60. The highest BCUT2D eigenvalue weighted by Crippen LogP contribution is 2.56. The predicted molar refractivity (Wildman–Crippen MR) is 205 cm³/mol. The zero-order chi connectivity index (χ0) is 37.9. The number of sulfone groups is 1. The number of rotatable bonds is 8. The van der Waals surface area contributed by atoms with Gasteiger partial charge in [-0.1, -0.05) is 18.0 Å². The zero-order valence-corrected chi connectivity index (χ0v) is 32.8. The van der Waals surface area contributed by atoms with Crippen LogP contribution in [0.25, 0.3) is 33.1 Å². The Morgan fingerprint density at radius 2 is 1.93 bits per heavy atom. The second kappa shape index (κ2) is 12.8. The van der Waals surface area contributed by atoms with Crippen molar-refractivity contribution in [1.82, 2.24) is 30.0 Å². The number of piperidine rings is 1. The summed E-state index contributed by atoms with van der Waals surface area (Å²) in [6.07, 6.45) is 10.6. The number of H-pyrrole nitrogens is 1. The van der Waals surface area contributed by atoms with Gasteiger partial charge in [0.15, 0.2) is 15.7 Å². The van der Waals surface area contributed by atoms with Crippen LogP contribution in [0, 0.1) is 16.6 Å². The lowest BCUT2D eigenvalue weighted by Crippen LogP contribution is -2.66. The lowest BCUT2D eigenvalue weighted by Gasteiger charge is -2.60. The van der Waals surface area contributed by atoms with Crippen LogP contribution in [0.5, 0.6) is 11.9 Å². The van der Waals surface area contributed by atoms with Crippen molar-refractivity contribution < 1.29 is 32.1 Å². The van der Waals surface area contributed by atoms with Crippen LogP contribution in [0.15, 0.2) is 12.3 Å². The highest BCUT2D eigenvalue weighted by molar-refractivity contribution is 7.92. The number of aromatic amines is 1. The number of ether oxygens (including phenoxy) is 3. The molecule has 55 heavy (non-hydrogen) atoms. The Morgan fingerprint density at radius 3 is 2.69 bits per heavy atom. The standard InChI is InChI=1S/C39H47ClFN7O6S/c1-37(49)17-47(11-12-53-18-37)34-30-33(31(41)32(43-35(30)52-2)29-24-16-42-46-26(24)13-25(40)28(29)22-6-7-22)44-36(45-34)54-19-39-8-3-5-27(39)48(10-4-9-39)23-14-38(15-23)20-55(50,51)21-38/h13,16,22-23,27,49H,3-12,14-15,17-21H2,1-2H3,(H,42,46)/t27-,37+,39-/m1/s1. The second-order valence-electron chi connectivity index (χ2n) is 17.6. The third-order valence-electron chi connectivity index (χ3n) is 13.3. The first-order valence-electron chi connectivity index (χ1n) is 19.6. The average molecular weight is 796 g/mol. The summed E-state index contributed by atoms with van der Waals surface area (Å²) in [5, 5.41) is 20.0. The van der Waals surface area contributed by atoms with Crippen molar-refractivity contribution in [2.75, 3.05) is 63.0 Å². The third-order valence-corrected chi connectivity index (χ3v) is 15.7. The smallest absolute Gasteiger partial charge is 0.319 e. The molecular weight excluding hydrogens is 749 g/mol. The molecule has 1 spiro atoms. The fourth-order valence-corrected chi connectivity index (χ4v) is 13.5. The molecule has 4 aromatic rings. The third kappa shape index (κ3) is 6.05. The molecule has 6 aliphatic rings. The van der Waals surface area contributed by atoms with Gasteiger partial charge in [0.05, 0.1) is 56.7 Å². The van der Waals surface area contributed by atoms with Gasteiger partial charge in [-0.2, -0.15) is 15.1 Å². The molecule has 0 unspecified atom stereocenters. The molecule has 0 amide bonds. The zero-order valence-electron chi connectivity index (χ0n) is 31.2. The van der Waals surface area contributed by atoms with Crippen molar-refractivity contribution in [2.45, 2.75) is 88.3 Å². The van der Waals surface area contributed by atoms with Gasteiger partial charge in [-0.05, 0) is 82.4 Å². The van der Waals surface area contributed by atoms with E-state index in [1.54, 1.807) is 13.1 Å². The molecule has 294 valence electrons. The quantitative estimate of drug-likeness (QED) is 0.234. The lowest BCUT2D eigenvalue weighted by molar-refractivity contribution is -0.0726. The number of halogens is 2.